The van der Waals surface area contributed by atoms with Crippen LogP contribution in [0.5, 0.6) is 0 Å². The van der Waals surface area contributed by atoms with Crippen molar-refractivity contribution < 1.29 is 8.42 Å². The van der Waals surface area contributed by atoms with Crippen LogP contribution < -0.4 is 4.90 Å². The third-order valence-electron chi connectivity index (χ3n) is 4.51. The largest absolute Gasteiger partial charge is 0.315 e. The number of anilines is 1. The quantitative estimate of drug-likeness (QED) is 0.586. The molecule has 2 heterocycles. The molecule has 2 atom stereocenters. The van der Waals surface area contributed by atoms with Crippen LogP contribution in [-0.4, -0.2) is 37.2 Å². The summed E-state index contributed by atoms with van der Waals surface area (Å²) in [7, 11) is -3.09. The molecular formula is C18H15BrCl2N2O2S2. The number of halogens is 3. The zero-order chi connectivity index (χ0) is 19.2. The van der Waals surface area contributed by atoms with E-state index in [1.165, 1.54) is 5.56 Å². The molecule has 4 rings (SSSR count). The third kappa shape index (κ3) is 4.32. The van der Waals surface area contributed by atoms with Crippen molar-refractivity contribution >= 4 is 71.6 Å². The van der Waals surface area contributed by atoms with Crippen LogP contribution in [0.25, 0.3) is 0 Å². The standard InChI is InChI=1S/C18H15BrCl2N2O2S2/c19-12-3-1-11(2-4-12)8-26-18-22-16-9-27(24,25)10-17(16)23(18)15-6-13(20)5-14(21)7-15/h1-7,16-17H,8-10H2/t16-,17+/m1/s1. The Bertz CT molecular complexity index is 992. The van der Waals surface area contributed by atoms with Crippen molar-refractivity contribution in [2.75, 3.05) is 16.4 Å². The minimum absolute atomic E-state index is 0.0881. The highest BCUT2D eigenvalue weighted by atomic mass is 79.9. The highest BCUT2D eigenvalue weighted by Crippen LogP contribution is 2.38. The second-order valence-corrected chi connectivity index (χ2v) is 11.4. The summed E-state index contributed by atoms with van der Waals surface area (Å²) in [4.78, 5) is 6.71. The van der Waals surface area contributed by atoms with Gasteiger partial charge < -0.3 is 4.90 Å². The molecule has 1 saturated heterocycles. The molecule has 2 aliphatic rings. The molecule has 0 amide bonds. The first-order valence-corrected chi connectivity index (χ1v) is 12.6. The van der Waals surface area contributed by atoms with E-state index in [-0.39, 0.29) is 23.6 Å². The Balaban J connectivity index is 1.64. The number of aliphatic imine (C=N–C) groups is 1. The third-order valence-corrected chi connectivity index (χ3v) is 8.22. The van der Waals surface area contributed by atoms with E-state index in [2.05, 4.69) is 28.1 Å². The van der Waals surface area contributed by atoms with Crippen molar-refractivity contribution in [3.8, 4) is 0 Å². The normalized spacial score (nSPS) is 23.4. The molecule has 27 heavy (non-hydrogen) atoms. The topological polar surface area (TPSA) is 49.7 Å². The Hall–Kier alpha value is -0.730. The molecule has 0 aromatic heterocycles. The molecule has 0 saturated carbocycles. The van der Waals surface area contributed by atoms with Crippen molar-refractivity contribution in [1.82, 2.24) is 0 Å². The van der Waals surface area contributed by atoms with Crippen LogP contribution in [0.2, 0.25) is 10.0 Å². The first-order chi connectivity index (χ1) is 12.8. The van der Waals surface area contributed by atoms with Gasteiger partial charge in [0.15, 0.2) is 15.0 Å². The highest BCUT2D eigenvalue weighted by molar-refractivity contribution is 9.10. The monoisotopic (exact) mass is 504 g/mol. The molecule has 0 unspecified atom stereocenters. The number of amidine groups is 1. The molecule has 0 radical (unpaired) electrons. The zero-order valence-corrected chi connectivity index (χ0v) is 18.7. The Labute approximate surface area is 181 Å². The number of nitrogens with zero attached hydrogens (tertiary/aromatic N) is 2. The molecule has 0 aliphatic carbocycles. The Morgan fingerprint density at radius 1 is 1.11 bits per heavy atom. The van der Waals surface area contributed by atoms with E-state index < -0.39 is 9.84 Å². The van der Waals surface area contributed by atoms with E-state index in [9.17, 15) is 8.42 Å². The van der Waals surface area contributed by atoms with E-state index in [0.29, 0.717) is 10.0 Å². The SMILES string of the molecule is O=S1(=O)C[C@H]2N=C(SCc3ccc(Br)cc3)N(c3cc(Cl)cc(Cl)c3)[C@H]2C1. The molecule has 2 aliphatic heterocycles. The van der Waals surface area contributed by atoms with Gasteiger partial charge >= 0.3 is 0 Å². The van der Waals surface area contributed by atoms with Gasteiger partial charge in [0.2, 0.25) is 0 Å². The van der Waals surface area contributed by atoms with Gasteiger partial charge in [0.1, 0.15) is 0 Å². The van der Waals surface area contributed by atoms with Gasteiger partial charge in [-0.3, -0.25) is 4.99 Å². The molecule has 0 N–H and O–H groups in total. The molecule has 142 valence electrons. The van der Waals surface area contributed by atoms with Crippen molar-refractivity contribution in [2.24, 2.45) is 4.99 Å². The summed E-state index contributed by atoms with van der Waals surface area (Å²) in [6.45, 7) is 0. The average Bonchev–Trinajstić information content (AvgIpc) is 3.04. The summed E-state index contributed by atoms with van der Waals surface area (Å²) < 4.78 is 25.3. The second kappa shape index (κ2) is 7.59. The zero-order valence-electron chi connectivity index (χ0n) is 14.0. The van der Waals surface area contributed by atoms with Crippen LogP contribution in [0.3, 0.4) is 0 Å². The number of thioether (sulfide) groups is 1. The van der Waals surface area contributed by atoms with Crippen LogP contribution in [0, 0.1) is 0 Å². The summed E-state index contributed by atoms with van der Waals surface area (Å²) in [6.07, 6.45) is 0. The van der Waals surface area contributed by atoms with E-state index in [1.807, 2.05) is 17.0 Å². The lowest BCUT2D eigenvalue weighted by atomic mass is 10.1. The molecular weight excluding hydrogens is 491 g/mol. The summed E-state index contributed by atoms with van der Waals surface area (Å²) in [5.41, 5.74) is 1.94. The number of fused-ring (bicyclic) bond motifs is 1. The maximum absolute atomic E-state index is 12.1. The van der Waals surface area contributed by atoms with Gasteiger partial charge in [-0.25, -0.2) is 8.42 Å². The van der Waals surface area contributed by atoms with Crippen molar-refractivity contribution in [1.29, 1.82) is 0 Å². The lowest BCUT2D eigenvalue weighted by Crippen LogP contribution is -2.39. The Morgan fingerprint density at radius 2 is 1.78 bits per heavy atom. The molecule has 2 aromatic rings. The van der Waals surface area contributed by atoms with Gasteiger partial charge in [-0.1, -0.05) is 63.0 Å². The van der Waals surface area contributed by atoms with Gasteiger partial charge in [0.25, 0.3) is 0 Å². The van der Waals surface area contributed by atoms with Gasteiger partial charge in [-0.2, -0.15) is 0 Å². The fourth-order valence-electron chi connectivity index (χ4n) is 3.34. The Morgan fingerprint density at radius 3 is 2.44 bits per heavy atom. The van der Waals surface area contributed by atoms with Crippen molar-refractivity contribution in [2.45, 2.75) is 17.8 Å². The number of rotatable bonds is 3. The maximum atomic E-state index is 12.1. The minimum Gasteiger partial charge on any atom is -0.315 e. The van der Waals surface area contributed by atoms with Gasteiger partial charge in [0.05, 0.1) is 23.6 Å². The van der Waals surface area contributed by atoms with Gasteiger partial charge in [0, 0.05) is 26.0 Å². The van der Waals surface area contributed by atoms with Crippen LogP contribution in [0.15, 0.2) is 51.9 Å². The van der Waals surface area contributed by atoms with E-state index >= 15 is 0 Å². The van der Waals surface area contributed by atoms with E-state index in [1.54, 1.807) is 30.0 Å². The van der Waals surface area contributed by atoms with Crippen LogP contribution >= 0.6 is 50.9 Å². The first-order valence-electron chi connectivity index (χ1n) is 8.21. The van der Waals surface area contributed by atoms with Crippen LogP contribution in [0.1, 0.15) is 5.56 Å². The van der Waals surface area contributed by atoms with Gasteiger partial charge in [-0.05, 0) is 35.9 Å². The van der Waals surface area contributed by atoms with Crippen LogP contribution in [-0.2, 0) is 15.6 Å². The lowest BCUT2D eigenvalue weighted by Gasteiger charge is -2.27. The fourth-order valence-corrected chi connectivity index (χ4v) is 7.04. The van der Waals surface area contributed by atoms with E-state index in [0.717, 1.165) is 21.1 Å². The average molecular weight is 506 g/mol. The number of hydrogen-bond acceptors (Lipinski definition) is 5. The maximum Gasteiger partial charge on any atom is 0.164 e. The molecule has 2 aromatic carbocycles. The van der Waals surface area contributed by atoms with Crippen molar-refractivity contribution in [3.05, 3.63) is 62.5 Å². The summed E-state index contributed by atoms with van der Waals surface area (Å²) in [5.74, 6) is 0.918. The van der Waals surface area contributed by atoms with Crippen molar-refractivity contribution in [3.63, 3.8) is 0 Å². The molecule has 0 bridgehead atoms. The summed E-state index contributed by atoms with van der Waals surface area (Å²) in [5, 5.41) is 1.83. The smallest absolute Gasteiger partial charge is 0.164 e. The predicted molar refractivity (Wildman–Crippen MR) is 118 cm³/mol. The lowest BCUT2D eigenvalue weighted by molar-refractivity contribution is 0.601. The first kappa shape index (κ1) is 19.6. The van der Waals surface area contributed by atoms with Gasteiger partial charge in [-0.15, -0.1) is 0 Å². The molecule has 1 fully saturated rings. The highest BCUT2D eigenvalue weighted by Gasteiger charge is 2.47. The van der Waals surface area contributed by atoms with Crippen LogP contribution in [0.4, 0.5) is 5.69 Å². The Kier molecular flexibility index (Phi) is 5.51. The number of hydrogen-bond donors (Lipinski definition) is 0. The molecule has 9 heteroatoms. The second-order valence-electron chi connectivity index (χ2n) is 6.54. The minimum atomic E-state index is -3.09. The predicted octanol–water partition coefficient (Wildman–Crippen LogP) is 5.03. The number of sulfone groups is 1. The molecule has 0 spiro atoms. The number of benzene rings is 2. The summed E-state index contributed by atoms with van der Waals surface area (Å²) >= 11 is 17.4. The fraction of sp³-hybridized carbons (Fsp3) is 0.278. The summed E-state index contributed by atoms with van der Waals surface area (Å²) in [6, 6.07) is 12.9. The molecule has 4 nitrogen and oxygen atoms in total. The van der Waals surface area contributed by atoms with E-state index in [4.69, 9.17) is 28.2 Å².